The van der Waals surface area contributed by atoms with Crippen LogP contribution >= 0.6 is 12.4 Å². The molecule has 1 aliphatic rings. The third-order valence-corrected chi connectivity index (χ3v) is 4.43. The molecule has 1 heterocycles. The molecule has 1 fully saturated rings. The molecule has 1 aliphatic heterocycles. The van der Waals surface area contributed by atoms with Crippen LogP contribution in [0.25, 0.3) is 0 Å². The number of methoxy groups -OCH3 is 1. The van der Waals surface area contributed by atoms with Crippen molar-refractivity contribution in [2.45, 2.75) is 32.4 Å². The number of ether oxygens (including phenoxy) is 1. The molecule has 0 spiro atoms. The Morgan fingerprint density at radius 1 is 1.28 bits per heavy atom. The number of likely N-dealkylation sites (tertiary alicyclic amines) is 1. The lowest BCUT2D eigenvalue weighted by Gasteiger charge is -2.32. The molecule has 140 valence electrons. The molecule has 0 saturated carbocycles. The van der Waals surface area contributed by atoms with Crippen LogP contribution in [0.3, 0.4) is 0 Å². The van der Waals surface area contributed by atoms with Crippen LogP contribution < -0.4 is 11.1 Å². The fraction of sp³-hybridized carbons (Fsp3) is 0.556. The van der Waals surface area contributed by atoms with E-state index in [4.69, 9.17) is 10.5 Å². The molecule has 1 aromatic rings. The van der Waals surface area contributed by atoms with E-state index in [2.05, 4.69) is 5.32 Å². The van der Waals surface area contributed by atoms with Crippen LogP contribution in [-0.4, -0.2) is 49.6 Å². The summed E-state index contributed by atoms with van der Waals surface area (Å²) in [5.41, 5.74) is 8.07. The molecule has 1 unspecified atom stereocenters. The predicted octanol–water partition coefficient (Wildman–Crippen LogP) is 1.25. The van der Waals surface area contributed by atoms with E-state index in [1.165, 1.54) is 12.7 Å². The monoisotopic (exact) mass is 369 g/mol. The van der Waals surface area contributed by atoms with Crippen LogP contribution in [0.5, 0.6) is 0 Å². The normalized spacial score (nSPS) is 16.0. The maximum atomic E-state index is 12.3. The van der Waals surface area contributed by atoms with Crippen LogP contribution in [-0.2, 0) is 20.9 Å². The lowest BCUT2D eigenvalue weighted by molar-refractivity contribution is -0.137. The predicted molar refractivity (Wildman–Crippen MR) is 99.4 cm³/mol. The lowest BCUT2D eigenvalue weighted by atomic mass is 9.95. The molecule has 0 aliphatic carbocycles. The number of benzene rings is 1. The van der Waals surface area contributed by atoms with E-state index in [9.17, 15) is 9.59 Å². The average molecular weight is 370 g/mol. The van der Waals surface area contributed by atoms with Gasteiger partial charge in [0.25, 0.3) is 0 Å². The van der Waals surface area contributed by atoms with Gasteiger partial charge in [-0.25, -0.2) is 0 Å². The molecule has 2 rings (SSSR count). The van der Waals surface area contributed by atoms with Gasteiger partial charge in [0.2, 0.25) is 11.8 Å². The molecule has 0 radical (unpaired) electrons. The summed E-state index contributed by atoms with van der Waals surface area (Å²) in [6.45, 7) is 3.93. The second-order valence-electron chi connectivity index (χ2n) is 6.36. The van der Waals surface area contributed by atoms with E-state index in [1.54, 1.807) is 4.90 Å². The minimum atomic E-state index is -0.623. The Labute approximate surface area is 155 Å². The number of carbonyl (C=O) groups excluding carboxylic acids is 2. The molecule has 25 heavy (non-hydrogen) atoms. The number of piperidine rings is 1. The molecule has 1 saturated heterocycles. The highest BCUT2D eigenvalue weighted by Gasteiger charge is 2.29. The Hall–Kier alpha value is -1.63. The first-order valence-electron chi connectivity index (χ1n) is 8.38. The van der Waals surface area contributed by atoms with E-state index in [0.29, 0.717) is 32.5 Å². The fourth-order valence-electron chi connectivity index (χ4n) is 2.89. The smallest absolute Gasteiger partial charge is 0.241 e. The van der Waals surface area contributed by atoms with E-state index in [1.807, 2.05) is 31.2 Å². The van der Waals surface area contributed by atoms with Crippen molar-refractivity contribution in [3.63, 3.8) is 0 Å². The summed E-state index contributed by atoms with van der Waals surface area (Å²) in [7, 11) is 1.53. The first-order valence-corrected chi connectivity index (χ1v) is 8.38. The zero-order valence-electron chi connectivity index (χ0n) is 14.9. The highest BCUT2D eigenvalue weighted by atomic mass is 35.5. The van der Waals surface area contributed by atoms with Gasteiger partial charge in [0.05, 0.1) is 6.61 Å². The zero-order valence-corrected chi connectivity index (χ0v) is 15.7. The molecule has 1 atom stereocenters. The van der Waals surface area contributed by atoms with Gasteiger partial charge in [0.1, 0.15) is 6.04 Å². The standard InChI is InChI=1S/C18H27N3O3.ClH/c1-13-3-5-14(6-4-13)11-20-17(22)15-7-9-21(10-8-15)18(23)16(19)12-24-2;/h3-6,15-16H,7-12,19H2,1-2H3,(H,20,22);1H. The Morgan fingerprint density at radius 3 is 2.44 bits per heavy atom. The first kappa shape index (κ1) is 21.4. The van der Waals surface area contributed by atoms with Crippen molar-refractivity contribution in [1.82, 2.24) is 10.2 Å². The number of carbonyl (C=O) groups is 2. The van der Waals surface area contributed by atoms with Crippen LogP contribution in [0.1, 0.15) is 24.0 Å². The summed E-state index contributed by atoms with van der Waals surface area (Å²) < 4.78 is 4.92. The third-order valence-electron chi connectivity index (χ3n) is 4.43. The zero-order chi connectivity index (χ0) is 17.5. The summed E-state index contributed by atoms with van der Waals surface area (Å²) in [5, 5.41) is 2.99. The molecule has 3 N–H and O–H groups in total. The Bertz CT molecular complexity index is 557. The van der Waals surface area contributed by atoms with Gasteiger partial charge in [0.15, 0.2) is 0 Å². The second kappa shape index (κ2) is 10.4. The molecule has 0 aromatic heterocycles. The number of halogens is 1. The summed E-state index contributed by atoms with van der Waals surface area (Å²) in [4.78, 5) is 26.1. The maximum Gasteiger partial charge on any atom is 0.241 e. The van der Waals surface area contributed by atoms with Crippen molar-refractivity contribution in [2.24, 2.45) is 11.7 Å². The van der Waals surface area contributed by atoms with Crippen molar-refractivity contribution in [1.29, 1.82) is 0 Å². The van der Waals surface area contributed by atoms with Crippen LogP contribution in [0.2, 0.25) is 0 Å². The van der Waals surface area contributed by atoms with Crippen LogP contribution in [0.15, 0.2) is 24.3 Å². The van der Waals surface area contributed by atoms with Crippen LogP contribution in [0, 0.1) is 12.8 Å². The number of hydrogen-bond donors (Lipinski definition) is 2. The van der Waals surface area contributed by atoms with Gasteiger partial charge < -0.3 is 20.7 Å². The van der Waals surface area contributed by atoms with Gasteiger partial charge in [-0.1, -0.05) is 29.8 Å². The van der Waals surface area contributed by atoms with Gasteiger partial charge in [-0.15, -0.1) is 12.4 Å². The largest absolute Gasteiger partial charge is 0.383 e. The van der Waals surface area contributed by atoms with Gasteiger partial charge >= 0.3 is 0 Å². The number of nitrogens with one attached hydrogen (secondary N) is 1. The number of rotatable bonds is 6. The van der Waals surface area contributed by atoms with E-state index >= 15 is 0 Å². The first-order chi connectivity index (χ1) is 11.5. The summed E-state index contributed by atoms with van der Waals surface area (Å²) in [6.07, 6.45) is 1.34. The average Bonchev–Trinajstić information content (AvgIpc) is 2.60. The summed E-state index contributed by atoms with van der Waals surface area (Å²) in [5.74, 6) is -0.0858. The molecule has 6 nitrogen and oxygen atoms in total. The molecular formula is C18H28ClN3O3. The molecule has 7 heteroatoms. The molecule has 1 aromatic carbocycles. The van der Waals surface area contributed by atoms with Crippen LogP contribution in [0.4, 0.5) is 0 Å². The minimum Gasteiger partial charge on any atom is -0.383 e. The SMILES string of the molecule is COCC(N)C(=O)N1CCC(C(=O)NCc2ccc(C)cc2)CC1.Cl. The Balaban J connectivity index is 0.00000312. The Kier molecular flexibility index (Phi) is 8.89. The van der Waals surface area contributed by atoms with E-state index < -0.39 is 6.04 Å². The number of nitrogens with two attached hydrogens (primary N) is 1. The second-order valence-corrected chi connectivity index (χ2v) is 6.36. The third kappa shape index (κ3) is 6.30. The number of amides is 2. The molecule has 0 bridgehead atoms. The molecular weight excluding hydrogens is 342 g/mol. The fourth-order valence-corrected chi connectivity index (χ4v) is 2.89. The van der Waals surface area contributed by atoms with Crippen molar-refractivity contribution >= 4 is 24.2 Å². The van der Waals surface area contributed by atoms with E-state index in [0.717, 1.165) is 5.56 Å². The Morgan fingerprint density at radius 2 is 1.88 bits per heavy atom. The summed E-state index contributed by atoms with van der Waals surface area (Å²) in [6, 6.07) is 7.49. The number of aryl methyl sites for hydroxylation is 1. The topological polar surface area (TPSA) is 84.7 Å². The highest BCUT2D eigenvalue weighted by Crippen LogP contribution is 2.18. The lowest BCUT2D eigenvalue weighted by Crippen LogP contribution is -2.50. The van der Waals surface area contributed by atoms with Gasteiger partial charge in [-0.2, -0.15) is 0 Å². The van der Waals surface area contributed by atoms with Gasteiger partial charge in [-0.3, -0.25) is 9.59 Å². The minimum absolute atomic E-state index is 0. The van der Waals surface area contributed by atoms with Crippen molar-refractivity contribution in [3.05, 3.63) is 35.4 Å². The van der Waals surface area contributed by atoms with Crippen molar-refractivity contribution in [2.75, 3.05) is 26.8 Å². The number of nitrogens with zero attached hydrogens (tertiary/aromatic N) is 1. The molecule has 2 amide bonds. The van der Waals surface area contributed by atoms with Gasteiger partial charge in [-0.05, 0) is 25.3 Å². The highest BCUT2D eigenvalue weighted by molar-refractivity contribution is 5.85. The van der Waals surface area contributed by atoms with Crippen molar-refractivity contribution in [3.8, 4) is 0 Å². The quantitative estimate of drug-likeness (QED) is 0.790. The van der Waals surface area contributed by atoms with E-state index in [-0.39, 0.29) is 36.7 Å². The van der Waals surface area contributed by atoms with Gasteiger partial charge in [0, 0.05) is 32.7 Å². The number of hydrogen-bond acceptors (Lipinski definition) is 4. The maximum absolute atomic E-state index is 12.3. The summed E-state index contributed by atoms with van der Waals surface area (Å²) >= 11 is 0. The van der Waals surface area contributed by atoms with Crippen molar-refractivity contribution < 1.29 is 14.3 Å².